The Labute approximate surface area is 80.5 Å². The van der Waals surface area contributed by atoms with Gasteiger partial charge in [0.05, 0.1) is 21.1 Å². The van der Waals surface area contributed by atoms with Crippen LogP contribution < -0.4 is 6.15 Å². The van der Waals surface area contributed by atoms with Gasteiger partial charge < -0.3 is 16.1 Å². The number of quaternary nitrogens is 1. The molecule has 76 valence electrons. The Morgan fingerprint density at radius 2 is 1.46 bits per heavy atom. The van der Waals surface area contributed by atoms with E-state index in [-0.39, 0.29) is 11.6 Å². The van der Waals surface area contributed by atoms with Crippen molar-refractivity contribution in [1.29, 1.82) is 0 Å². The van der Waals surface area contributed by atoms with Crippen LogP contribution in [0.4, 0.5) is 0 Å². The summed E-state index contributed by atoms with van der Waals surface area (Å²) in [6, 6.07) is 10.6. The average molecular weight is 184 g/mol. The van der Waals surface area contributed by atoms with Crippen molar-refractivity contribution in [3.05, 3.63) is 35.9 Å². The Kier molecular flexibility index (Phi) is 6.40. The van der Waals surface area contributed by atoms with Crippen molar-refractivity contribution < 1.29 is 9.96 Å². The molecule has 0 bridgehead atoms. The molecule has 0 fully saturated rings. The minimum absolute atomic E-state index is 0. The summed E-state index contributed by atoms with van der Waals surface area (Å²) >= 11 is 0. The van der Waals surface area contributed by atoms with Crippen molar-refractivity contribution >= 4 is 0 Å². The third kappa shape index (κ3) is 6.28. The lowest BCUT2D eigenvalue weighted by Crippen LogP contribution is -2.33. The van der Waals surface area contributed by atoms with Crippen LogP contribution in [-0.4, -0.2) is 31.1 Å². The molecule has 0 spiro atoms. The highest BCUT2D eigenvalue weighted by molar-refractivity contribution is 5.13. The van der Waals surface area contributed by atoms with E-state index in [0.29, 0.717) is 0 Å². The van der Waals surface area contributed by atoms with Gasteiger partial charge in [0.2, 0.25) is 0 Å². The van der Waals surface area contributed by atoms with Crippen LogP contribution in [0.3, 0.4) is 0 Å². The molecule has 3 nitrogen and oxygen atoms in total. The van der Waals surface area contributed by atoms with Gasteiger partial charge in [-0.1, -0.05) is 30.3 Å². The fraction of sp³-hybridized carbons (Fsp3) is 0.400. The number of hydrogen-bond acceptors (Lipinski definition) is 2. The fourth-order valence-corrected chi connectivity index (χ4v) is 1.13. The van der Waals surface area contributed by atoms with Crippen molar-refractivity contribution in [2.45, 2.75) is 6.54 Å². The van der Waals surface area contributed by atoms with E-state index in [1.54, 1.807) is 0 Å². The first-order chi connectivity index (χ1) is 5.08. The number of benzene rings is 1. The van der Waals surface area contributed by atoms with Crippen molar-refractivity contribution in [2.75, 3.05) is 21.1 Å². The molecule has 13 heavy (non-hydrogen) atoms. The van der Waals surface area contributed by atoms with Gasteiger partial charge in [-0.05, 0) is 0 Å². The SMILES string of the molecule is C[N+](C)(C)Cc1ccccc1.N.[OH-]. The largest absolute Gasteiger partial charge is 0.870 e. The normalized spacial score (nSPS) is 9.77. The molecule has 1 aromatic carbocycles. The summed E-state index contributed by atoms with van der Waals surface area (Å²) in [6.45, 7) is 1.10. The highest BCUT2D eigenvalue weighted by atomic mass is 16.0. The van der Waals surface area contributed by atoms with Gasteiger partial charge >= 0.3 is 0 Å². The van der Waals surface area contributed by atoms with Gasteiger partial charge in [0, 0.05) is 5.56 Å². The molecule has 4 N–H and O–H groups in total. The molecule has 0 aromatic heterocycles. The molecule has 0 saturated heterocycles. The third-order valence-electron chi connectivity index (χ3n) is 1.50. The van der Waals surface area contributed by atoms with Gasteiger partial charge in [-0.25, -0.2) is 0 Å². The first-order valence-corrected chi connectivity index (χ1v) is 3.92. The number of hydrogen-bond donors (Lipinski definition) is 1. The molecule has 1 rings (SSSR count). The highest BCUT2D eigenvalue weighted by Crippen LogP contribution is 2.04. The molecule has 0 atom stereocenters. The molecule has 0 aliphatic heterocycles. The highest BCUT2D eigenvalue weighted by Gasteiger charge is 2.06. The number of rotatable bonds is 2. The van der Waals surface area contributed by atoms with E-state index in [2.05, 4.69) is 51.5 Å². The predicted octanol–water partition coefficient (Wildman–Crippen LogP) is 1.88. The van der Waals surface area contributed by atoms with Crippen LogP contribution in [0.5, 0.6) is 0 Å². The molecule has 1 aromatic rings. The zero-order valence-electron chi connectivity index (χ0n) is 8.70. The van der Waals surface area contributed by atoms with Gasteiger partial charge in [0.15, 0.2) is 0 Å². The lowest BCUT2D eigenvalue weighted by molar-refractivity contribution is -0.884. The molecule has 0 saturated carbocycles. The van der Waals surface area contributed by atoms with Crippen LogP contribution in [0, 0.1) is 0 Å². The quantitative estimate of drug-likeness (QED) is 0.713. The maximum absolute atomic E-state index is 2.20. The lowest BCUT2D eigenvalue weighted by Gasteiger charge is -2.23. The van der Waals surface area contributed by atoms with Crippen LogP contribution in [0.1, 0.15) is 5.56 Å². The van der Waals surface area contributed by atoms with E-state index >= 15 is 0 Å². The summed E-state index contributed by atoms with van der Waals surface area (Å²) < 4.78 is 0.990. The minimum atomic E-state index is 0. The molecular weight excluding hydrogens is 164 g/mol. The standard InChI is InChI=1S/C10H16N.H3N.H2O/c1-11(2,3)9-10-7-5-4-6-8-10;;/h4-8H,9H2,1-3H3;1H3;1H2/q+1;;/p-1. The summed E-state index contributed by atoms with van der Waals surface area (Å²) in [7, 11) is 6.60. The second-order valence-electron chi connectivity index (χ2n) is 3.93. The topological polar surface area (TPSA) is 65.0 Å². The van der Waals surface area contributed by atoms with Crippen LogP contribution in [0.15, 0.2) is 30.3 Å². The van der Waals surface area contributed by atoms with Gasteiger partial charge in [-0.2, -0.15) is 0 Å². The van der Waals surface area contributed by atoms with E-state index in [0.717, 1.165) is 11.0 Å². The second-order valence-corrected chi connectivity index (χ2v) is 3.93. The van der Waals surface area contributed by atoms with Crippen LogP contribution >= 0.6 is 0 Å². The van der Waals surface area contributed by atoms with E-state index in [9.17, 15) is 0 Å². The predicted molar refractivity (Wildman–Crippen MR) is 55.1 cm³/mol. The van der Waals surface area contributed by atoms with E-state index in [1.807, 2.05) is 0 Å². The van der Waals surface area contributed by atoms with Crippen molar-refractivity contribution in [3.8, 4) is 0 Å². The Hall–Kier alpha value is -0.900. The smallest absolute Gasteiger partial charge is 0.104 e. The molecule has 0 aliphatic carbocycles. The molecule has 0 radical (unpaired) electrons. The summed E-state index contributed by atoms with van der Waals surface area (Å²) in [5.41, 5.74) is 1.40. The molecule has 0 amide bonds. The van der Waals surface area contributed by atoms with Crippen molar-refractivity contribution in [2.24, 2.45) is 0 Å². The van der Waals surface area contributed by atoms with E-state index < -0.39 is 0 Å². The third-order valence-corrected chi connectivity index (χ3v) is 1.50. The Balaban J connectivity index is 0. The van der Waals surface area contributed by atoms with Gasteiger partial charge in [-0.15, -0.1) is 0 Å². The first kappa shape index (κ1) is 14.6. The summed E-state index contributed by atoms with van der Waals surface area (Å²) in [6.07, 6.45) is 0. The van der Waals surface area contributed by atoms with Crippen LogP contribution in [0.25, 0.3) is 0 Å². The summed E-state index contributed by atoms with van der Waals surface area (Å²) in [5, 5.41) is 0. The average Bonchev–Trinajstić information content (AvgIpc) is 1.85. The second kappa shape index (κ2) is 5.70. The van der Waals surface area contributed by atoms with Crippen LogP contribution in [0.2, 0.25) is 0 Å². The fourth-order valence-electron chi connectivity index (χ4n) is 1.13. The van der Waals surface area contributed by atoms with Crippen LogP contribution in [-0.2, 0) is 6.54 Å². The zero-order valence-corrected chi connectivity index (χ0v) is 8.70. The van der Waals surface area contributed by atoms with Gasteiger partial charge in [-0.3, -0.25) is 0 Å². The molecule has 0 aliphatic rings. The van der Waals surface area contributed by atoms with E-state index in [4.69, 9.17) is 0 Å². The minimum Gasteiger partial charge on any atom is -0.870 e. The maximum atomic E-state index is 2.20. The zero-order chi connectivity index (χ0) is 8.32. The Morgan fingerprint density at radius 1 is 1.00 bits per heavy atom. The van der Waals surface area contributed by atoms with Gasteiger partial charge in [0.25, 0.3) is 0 Å². The first-order valence-electron chi connectivity index (χ1n) is 3.92. The Bertz CT molecular complexity index is 216. The van der Waals surface area contributed by atoms with Crippen molar-refractivity contribution in [3.63, 3.8) is 0 Å². The molecule has 0 unspecified atom stereocenters. The molecule has 0 heterocycles. The van der Waals surface area contributed by atoms with E-state index in [1.165, 1.54) is 5.56 Å². The summed E-state index contributed by atoms with van der Waals surface area (Å²) in [5.74, 6) is 0. The lowest BCUT2D eigenvalue weighted by atomic mass is 10.2. The number of nitrogens with zero attached hydrogens (tertiary/aromatic N) is 1. The monoisotopic (exact) mass is 184 g/mol. The maximum Gasteiger partial charge on any atom is 0.104 e. The van der Waals surface area contributed by atoms with Gasteiger partial charge in [0.1, 0.15) is 6.54 Å². The summed E-state index contributed by atoms with van der Waals surface area (Å²) in [4.78, 5) is 0. The molecule has 3 heteroatoms. The molecular formula is C10H20N2O. The Morgan fingerprint density at radius 3 is 1.85 bits per heavy atom. The van der Waals surface area contributed by atoms with Crippen molar-refractivity contribution in [1.82, 2.24) is 6.15 Å².